The SMILES string of the molecule is CCC12c3ccccc3C(CC)(c3ccccc31)C(OC(=O)c1ccccc1)C2OC(=O)c1ccccc1. The lowest BCUT2D eigenvalue weighted by Gasteiger charge is -2.61. The van der Waals surface area contributed by atoms with Crippen molar-refractivity contribution in [3.05, 3.63) is 143 Å². The van der Waals surface area contributed by atoms with Crippen LogP contribution in [-0.4, -0.2) is 24.1 Å². The summed E-state index contributed by atoms with van der Waals surface area (Å²) in [4.78, 5) is 27.2. The average molecular weight is 503 g/mol. The molecule has 0 saturated heterocycles. The highest BCUT2D eigenvalue weighted by atomic mass is 16.6. The van der Waals surface area contributed by atoms with Gasteiger partial charge in [0.05, 0.1) is 22.0 Å². The van der Waals surface area contributed by atoms with Crippen LogP contribution in [0, 0.1) is 0 Å². The maximum Gasteiger partial charge on any atom is 0.338 e. The Morgan fingerprint density at radius 1 is 0.526 bits per heavy atom. The van der Waals surface area contributed by atoms with E-state index in [4.69, 9.17) is 9.47 Å². The summed E-state index contributed by atoms with van der Waals surface area (Å²) < 4.78 is 13.0. The first-order valence-electron chi connectivity index (χ1n) is 13.3. The largest absolute Gasteiger partial charge is 0.453 e. The second-order valence-corrected chi connectivity index (χ2v) is 10.1. The van der Waals surface area contributed by atoms with Crippen LogP contribution in [-0.2, 0) is 20.3 Å². The summed E-state index contributed by atoms with van der Waals surface area (Å²) in [6.07, 6.45) is -0.0740. The quantitative estimate of drug-likeness (QED) is 0.270. The molecule has 2 atom stereocenters. The van der Waals surface area contributed by atoms with Crippen LogP contribution in [0.1, 0.15) is 69.7 Å². The van der Waals surface area contributed by atoms with Crippen LogP contribution in [0.25, 0.3) is 0 Å². The fourth-order valence-corrected chi connectivity index (χ4v) is 6.95. The zero-order chi connectivity index (χ0) is 26.3. The van der Waals surface area contributed by atoms with Crippen molar-refractivity contribution in [2.45, 2.75) is 49.7 Å². The number of esters is 2. The van der Waals surface area contributed by atoms with Gasteiger partial charge < -0.3 is 9.47 Å². The third-order valence-corrected chi connectivity index (χ3v) is 8.63. The molecule has 190 valence electrons. The van der Waals surface area contributed by atoms with Crippen LogP contribution < -0.4 is 0 Å². The third kappa shape index (κ3) is 3.29. The minimum Gasteiger partial charge on any atom is -0.453 e. The Morgan fingerprint density at radius 3 is 1.11 bits per heavy atom. The number of hydrogen-bond acceptors (Lipinski definition) is 4. The van der Waals surface area contributed by atoms with Crippen LogP contribution in [0.15, 0.2) is 109 Å². The lowest BCUT2D eigenvalue weighted by Crippen LogP contribution is -2.67. The van der Waals surface area contributed by atoms with E-state index in [1.54, 1.807) is 24.3 Å². The summed E-state index contributed by atoms with van der Waals surface area (Å²) in [7, 11) is 0. The van der Waals surface area contributed by atoms with E-state index in [-0.39, 0.29) is 0 Å². The summed E-state index contributed by atoms with van der Waals surface area (Å²) in [6, 6.07) is 34.8. The van der Waals surface area contributed by atoms with Gasteiger partial charge in [0.15, 0.2) is 12.2 Å². The lowest BCUT2D eigenvalue weighted by atomic mass is 9.45. The number of benzene rings is 4. The molecule has 0 radical (unpaired) electrons. The van der Waals surface area contributed by atoms with E-state index in [1.165, 1.54) is 0 Å². The van der Waals surface area contributed by atoms with Crippen molar-refractivity contribution in [1.29, 1.82) is 0 Å². The highest BCUT2D eigenvalue weighted by Crippen LogP contribution is 2.63. The molecular formula is C34H30O4. The monoisotopic (exact) mass is 502 g/mol. The van der Waals surface area contributed by atoms with Crippen molar-refractivity contribution in [1.82, 2.24) is 0 Å². The Labute approximate surface area is 223 Å². The van der Waals surface area contributed by atoms with Crippen LogP contribution in [0.3, 0.4) is 0 Å². The molecule has 4 aromatic carbocycles. The average Bonchev–Trinajstić information content (AvgIpc) is 2.99. The van der Waals surface area contributed by atoms with E-state index >= 15 is 0 Å². The van der Waals surface area contributed by atoms with Crippen LogP contribution in [0.4, 0.5) is 0 Å². The van der Waals surface area contributed by atoms with Crippen molar-refractivity contribution >= 4 is 11.9 Å². The molecule has 2 bridgehead atoms. The van der Waals surface area contributed by atoms with E-state index in [2.05, 4.69) is 38.1 Å². The molecule has 2 unspecified atom stereocenters. The van der Waals surface area contributed by atoms with E-state index in [0.717, 1.165) is 22.3 Å². The third-order valence-electron chi connectivity index (χ3n) is 8.63. The maximum absolute atomic E-state index is 13.6. The van der Waals surface area contributed by atoms with Crippen LogP contribution >= 0.6 is 0 Å². The molecule has 0 N–H and O–H groups in total. The molecule has 0 saturated carbocycles. The van der Waals surface area contributed by atoms with Gasteiger partial charge in [-0.3, -0.25) is 0 Å². The first kappa shape index (κ1) is 24.2. The second kappa shape index (κ2) is 9.29. The fourth-order valence-electron chi connectivity index (χ4n) is 6.95. The Bertz CT molecular complexity index is 1330. The predicted molar refractivity (Wildman–Crippen MR) is 146 cm³/mol. The molecule has 0 aliphatic heterocycles. The Morgan fingerprint density at radius 2 is 0.816 bits per heavy atom. The molecule has 0 aromatic heterocycles. The number of carbonyl (C=O) groups is 2. The Kier molecular flexibility index (Phi) is 5.91. The molecule has 38 heavy (non-hydrogen) atoms. The van der Waals surface area contributed by atoms with Gasteiger partial charge in [0.1, 0.15) is 0 Å². The van der Waals surface area contributed by atoms with Crippen molar-refractivity contribution in [3.8, 4) is 0 Å². The topological polar surface area (TPSA) is 52.6 Å². The summed E-state index contributed by atoms with van der Waals surface area (Å²) in [6.45, 7) is 4.24. The zero-order valence-corrected chi connectivity index (χ0v) is 21.6. The van der Waals surface area contributed by atoms with Crippen molar-refractivity contribution in [2.75, 3.05) is 0 Å². The van der Waals surface area contributed by atoms with Gasteiger partial charge in [-0.05, 0) is 59.4 Å². The van der Waals surface area contributed by atoms with Gasteiger partial charge in [0.2, 0.25) is 0 Å². The highest BCUT2D eigenvalue weighted by molar-refractivity contribution is 5.91. The van der Waals surface area contributed by atoms with Gasteiger partial charge in [0.25, 0.3) is 0 Å². The standard InChI is InChI=1S/C34H30O4/c1-3-33-25-19-11-13-21-27(25)34(4-2,28-22-14-12-20-26(28)33)30(38-32(36)24-17-9-6-10-18-24)29(33)37-31(35)23-15-7-5-8-16-23/h5-22,29-30H,3-4H2,1-2H3. The van der Waals surface area contributed by atoms with Crippen molar-refractivity contribution in [3.63, 3.8) is 0 Å². The Balaban J connectivity index is 1.60. The van der Waals surface area contributed by atoms with Gasteiger partial charge >= 0.3 is 11.9 Å². The van der Waals surface area contributed by atoms with Gasteiger partial charge in [0, 0.05) is 0 Å². The van der Waals surface area contributed by atoms with E-state index in [0.29, 0.717) is 24.0 Å². The predicted octanol–water partition coefficient (Wildman–Crippen LogP) is 6.86. The molecular weight excluding hydrogens is 472 g/mol. The van der Waals surface area contributed by atoms with Gasteiger partial charge in [-0.1, -0.05) is 98.8 Å². The van der Waals surface area contributed by atoms with Crippen LogP contribution in [0.2, 0.25) is 0 Å². The van der Waals surface area contributed by atoms with Crippen molar-refractivity contribution < 1.29 is 19.1 Å². The number of fused-ring (bicyclic) bond motifs is 1. The molecule has 0 spiro atoms. The number of ether oxygens (including phenoxy) is 2. The van der Waals surface area contributed by atoms with E-state index in [1.807, 2.05) is 60.7 Å². The Hall–Kier alpha value is -4.18. The van der Waals surface area contributed by atoms with Gasteiger partial charge in [-0.2, -0.15) is 0 Å². The normalized spacial score (nSPS) is 24.7. The number of rotatable bonds is 6. The molecule has 4 aromatic rings. The second-order valence-electron chi connectivity index (χ2n) is 10.1. The molecule has 0 fully saturated rings. The fraction of sp³-hybridized carbons (Fsp3) is 0.235. The van der Waals surface area contributed by atoms with E-state index in [9.17, 15) is 9.59 Å². The minimum atomic E-state index is -0.711. The molecule has 0 heterocycles. The first-order valence-corrected chi connectivity index (χ1v) is 13.3. The summed E-state index contributed by atoms with van der Waals surface area (Å²) >= 11 is 0. The number of hydrogen-bond donors (Lipinski definition) is 0. The summed E-state index contributed by atoms with van der Waals surface area (Å²) in [5.74, 6) is -0.837. The van der Waals surface area contributed by atoms with Gasteiger partial charge in [-0.15, -0.1) is 0 Å². The molecule has 0 amide bonds. The first-order chi connectivity index (χ1) is 18.6. The smallest absolute Gasteiger partial charge is 0.338 e. The summed E-state index contributed by atoms with van der Waals surface area (Å²) in [5.41, 5.74) is 4.16. The van der Waals surface area contributed by atoms with Crippen LogP contribution in [0.5, 0.6) is 0 Å². The molecule has 3 aliphatic rings. The van der Waals surface area contributed by atoms with E-state index < -0.39 is 35.0 Å². The molecule has 3 aliphatic carbocycles. The highest BCUT2D eigenvalue weighted by Gasteiger charge is 2.67. The maximum atomic E-state index is 13.6. The molecule has 4 nitrogen and oxygen atoms in total. The molecule has 4 heteroatoms. The minimum absolute atomic E-state index is 0.419. The molecule has 7 rings (SSSR count). The lowest BCUT2D eigenvalue weighted by molar-refractivity contribution is -0.0988. The van der Waals surface area contributed by atoms with Crippen molar-refractivity contribution in [2.24, 2.45) is 0 Å². The summed E-state index contributed by atoms with van der Waals surface area (Å²) in [5, 5.41) is 0. The zero-order valence-electron chi connectivity index (χ0n) is 21.6. The van der Waals surface area contributed by atoms with Gasteiger partial charge in [-0.25, -0.2) is 9.59 Å². The number of carbonyl (C=O) groups excluding carboxylic acids is 2.